The highest BCUT2D eigenvalue weighted by Crippen LogP contribution is 2.30. The fraction of sp³-hybridized carbons (Fsp3) is 0.435. The summed E-state index contributed by atoms with van der Waals surface area (Å²) >= 11 is 2.77. The summed E-state index contributed by atoms with van der Waals surface area (Å²) in [5.74, 6) is 5.76. The van der Waals surface area contributed by atoms with Crippen molar-refractivity contribution in [2.75, 3.05) is 19.0 Å². The van der Waals surface area contributed by atoms with E-state index in [0.29, 0.717) is 42.0 Å². The van der Waals surface area contributed by atoms with Gasteiger partial charge in [0.1, 0.15) is 11.5 Å². The Morgan fingerprint density at radius 1 is 1.19 bits per heavy atom. The number of aromatic nitrogens is 3. The molecule has 1 amide bonds. The molecule has 1 aromatic carbocycles. The number of carbonyl (C=O) groups is 2. The largest absolute Gasteiger partial charge is 0.494 e. The Morgan fingerprint density at radius 3 is 2.56 bits per heavy atom. The number of carbonyl (C=O) groups excluding carboxylic acids is 2. The predicted molar refractivity (Wildman–Crippen MR) is 136 cm³/mol. The van der Waals surface area contributed by atoms with Gasteiger partial charge in [0, 0.05) is 11.8 Å². The zero-order chi connectivity index (χ0) is 26.6. The van der Waals surface area contributed by atoms with Crippen LogP contribution in [-0.4, -0.2) is 46.0 Å². The van der Waals surface area contributed by atoms with Crippen LogP contribution in [0, 0.1) is 0 Å². The van der Waals surface area contributed by atoms with Gasteiger partial charge in [0.2, 0.25) is 16.9 Å². The van der Waals surface area contributed by atoms with E-state index in [2.05, 4.69) is 51.9 Å². The fourth-order valence-corrected chi connectivity index (χ4v) is 4.35. The van der Waals surface area contributed by atoms with Crippen molar-refractivity contribution in [2.24, 2.45) is 5.90 Å². The Hall–Kier alpha value is -3.00. The molecule has 3 aromatic rings. The lowest BCUT2D eigenvalue weighted by Crippen LogP contribution is -2.14. The van der Waals surface area contributed by atoms with Crippen LogP contribution >= 0.6 is 23.1 Å². The minimum absolute atomic E-state index is 0.0881. The highest BCUT2D eigenvalue weighted by molar-refractivity contribution is 8.00. The van der Waals surface area contributed by atoms with Gasteiger partial charge in [-0.3, -0.25) is 9.59 Å². The fourth-order valence-electron chi connectivity index (χ4n) is 2.73. The molecule has 2 aromatic heterocycles. The summed E-state index contributed by atoms with van der Waals surface area (Å²) in [5, 5.41) is 17.9. The lowest BCUT2D eigenvalue weighted by molar-refractivity contribution is -0.140. The third-order valence-corrected chi connectivity index (χ3v) is 6.53. The van der Waals surface area contributed by atoms with E-state index >= 15 is 0 Å². The lowest BCUT2D eigenvalue weighted by Gasteiger charge is -2.12. The van der Waals surface area contributed by atoms with Gasteiger partial charge in [0.05, 0.1) is 32.1 Å². The molecule has 0 bridgehead atoms. The molecule has 0 unspecified atom stereocenters. The van der Waals surface area contributed by atoms with Crippen molar-refractivity contribution in [1.82, 2.24) is 15.2 Å². The van der Waals surface area contributed by atoms with Gasteiger partial charge in [-0.05, 0) is 24.1 Å². The van der Waals surface area contributed by atoms with Crippen molar-refractivity contribution >= 4 is 40.1 Å². The topological polar surface area (TPSA) is 163 Å². The maximum Gasteiger partial charge on any atom is 0.305 e. The second-order valence-corrected chi connectivity index (χ2v) is 10.6. The van der Waals surface area contributed by atoms with Crippen LogP contribution in [-0.2, 0) is 31.9 Å². The minimum Gasteiger partial charge on any atom is -0.494 e. The zero-order valence-corrected chi connectivity index (χ0v) is 22.3. The molecule has 3 rings (SSSR count). The van der Waals surface area contributed by atoms with Gasteiger partial charge < -0.3 is 24.4 Å². The number of nitrogens with zero attached hydrogens (tertiary/aromatic N) is 3. The van der Waals surface area contributed by atoms with E-state index in [9.17, 15) is 9.59 Å². The number of nitrogens with two attached hydrogens (primary N) is 1. The van der Waals surface area contributed by atoms with Gasteiger partial charge >= 0.3 is 5.97 Å². The van der Waals surface area contributed by atoms with Crippen LogP contribution in [0.3, 0.4) is 0 Å². The van der Waals surface area contributed by atoms with Gasteiger partial charge in [-0.15, -0.1) is 10.2 Å². The molecule has 2 heterocycles. The molecule has 0 atom stereocenters. The number of ether oxygens (including phenoxy) is 2. The number of anilines is 1. The van der Waals surface area contributed by atoms with E-state index in [1.54, 1.807) is 18.3 Å². The highest BCUT2D eigenvalue weighted by atomic mass is 32.2. The average Bonchev–Trinajstić information content (AvgIpc) is 3.52. The number of benzene rings is 1. The smallest absolute Gasteiger partial charge is 0.305 e. The van der Waals surface area contributed by atoms with E-state index < -0.39 is 0 Å². The highest BCUT2D eigenvalue weighted by Gasteiger charge is 2.19. The first kappa shape index (κ1) is 29.2. The minimum atomic E-state index is -0.254. The van der Waals surface area contributed by atoms with Gasteiger partial charge in [-0.25, -0.2) is 10.9 Å². The second kappa shape index (κ2) is 14.5. The Bertz CT molecular complexity index is 1100. The molecule has 0 aliphatic heterocycles. The zero-order valence-electron chi connectivity index (χ0n) is 20.6. The Kier molecular flexibility index (Phi) is 11.8. The normalized spacial score (nSPS) is 10.8. The summed E-state index contributed by atoms with van der Waals surface area (Å²) in [4.78, 5) is 27.8. The molecular weight excluding hydrogens is 506 g/mol. The van der Waals surface area contributed by atoms with Crippen molar-refractivity contribution in [1.29, 1.82) is 0 Å². The van der Waals surface area contributed by atoms with Crippen LogP contribution < -0.4 is 16.0 Å². The number of hydrogen-bond donors (Lipinski definition) is 3. The number of nitrogens with one attached hydrogen (secondary N) is 1. The molecule has 13 heteroatoms. The van der Waals surface area contributed by atoms with E-state index in [1.807, 2.05) is 12.1 Å². The first-order chi connectivity index (χ1) is 17.2. The van der Waals surface area contributed by atoms with E-state index in [-0.39, 0.29) is 23.7 Å². The molecule has 36 heavy (non-hydrogen) atoms. The number of oxazole rings is 1. The van der Waals surface area contributed by atoms with Crippen molar-refractivity contribution in [3.63, 3.8) is 0 Å². The number of hydrogen-bond acceptors (Lipinski definition) is 12. The summed E-state index contributed by atoms with van der Waals surface area (Å²) < 4.78 is 16.7. The summed E-state index contributed by atoms with van der Waals surface area (Å²) in [6, 6.07) is 7.26. The number of amides is 1. The third kappa shape index (κ3) is 9.93. The molecule has 0 aliphatic carbocycles. The maximum atomic E-state index is 12.4. The number of thioether (sulfide) groups is 1. The first-order valence-electron chi connectivity index (χ1n) is 11.0. The number of esters is 1. The lowest BCUT2D eigenvalue weighted by atomic mass is 9.94. The maximum absolute atomic E-state index is 12.4. The van der Waals surface area contributed by atoms with Gasteiger partial charge in [-0.2, -0.15) is 0 Å². The molecular formula is C23H31N5O6S2. The van der Waals surface area contributed by atoms with E-state index in [1.165, 1.54) is 30.2 Å². The standard InChI is InChI=1S/C23H28N4O5S2.H3NO/c1-23(2,3)17-13-24-19(32-17)14-33-22-27-26-21(34-22)25-18(28)12-15-7-9-16(10-8-15)31-11-5-6-20(29)30-4;1-2/h7-10,13H,5-6,11-12,14H2,1-4H3,(H,25,26,28);2H,1H2. The quantitative estimate of drug-likeness (QED) is 0.107. The van der Waals surface area contributed by atoms with Crippen LogP contribution in [0.25, 0.3) is 0 Å². The molecule has 0 saturated heterocycles. The van der Waals surface area contributed by atoms with Crippen LogP contribution in [0.5, 0.6) is 5.75 Å². The number of methoxy groups -OCH3 is 1. The van der Waals surface area contributed by atoms with Crippen molar-refractivity contribution in [3.8, 4) is 5.75 Å². The Labute approximate surface area is 217 Å². The predicted octanol–water partition coefficient (Wildman–Crippen LogP) is 3.96. The summed E-state index contributed by atoms with van der Waals surface area (Å²) in [7, 11) is 1.36. The first-order valence-corrected chi connectivity index (χ1v) is 12.8. The van der Waals surface area contributed by atoms with E-state index in [4.69, 9.17) is 14.4 Å². The molecule has 0 saturated carbocycles. The molecule has 4 N–H and O–H groups in total. The summed E-state index contributed by atoms with van der Waals surface area (Å²) in [5.41, 5.74) is 0.756. The monoisotopic (exact) mass is 537 g/mol. The van der Waals surface area contributed by atoms with Crippen LogP contribution in [0.1, 0.15) is 50.8 Å². The molecule has 0 fully saturated rings. The summed E-state index contributed by atoms with van der Waals surface area (Å²) in [6.45, 7) is 6.63. The Morgan fingerprint density at radius 2 is 1.92 bits per heavy atom. The van der Waals surface area contributed by atoms with E-state index in [0.717, 1.165) is 15.7 Å². The van der Waals surface area contributed by atoms with Gasteiger partial charge in [0.15, 0.2) is 4.34 Å². The Balaban J connectivity index is 0.00000222. The third-order valence-electron chi connectivity index (χ3n) is 4.57. The van der Waals surface area contributed by atoms with Crippen molar-refractivity contribution in [3.05, 3.63) is 47.7 Å². The summed E-state index contributed by atoms with van der Waals surface area (Å²) in [6.07, 6.45) is 2.86. The molecule has 0 spiro atoms. The number of rotatable bonds is 11. The van der Waals surface area contributed by atoms with Crippen LogP contribution in [0.2, 0.25) is 0 Å². The second-order valence-electron chi connectivity index (χ2n) is 8.43. The van der Waals surface area contributed by atoms with Crippen molar-refractivity contribution < 1.29 is 28.7 Å². The molecule has 0 radical (unpaired) electrons. The van der Waals surface area contributed by atoms with Crippen molar-refractivity contribution in [2.45, 2.75) is 55.5 Å². The van der Waals surface area contributed by atoms with Crippen LogP contribution in [0.15, 0.2) is 39.2 Å². The van der Waals surface area contributed by atoms with Gasteiger partial charge in [-0.1, -0.05) is 56.0 Å². The average molecular weight is 538 g/mol. The molecule has 11 nitrogen and oxygen atoms in total. The van der Waals surface area contributed by atoms with Crippen LogP contribution in [0.4, 0.5) is 5.13 Å². The molecule has 0 aliphatic rings. The molecule has 196 valence electrons. The SMILES string of the molecule is COC(=O)CCCOc1ccc(CC(=O)Nc2nnc(SCc3ncc(C(C)(C)C)o3)s2)cc1.NO. The van der Waals surface area contributed by atoms with Gasteiger partial charge in [0.25, 0.3) is 0 Å².